The molecule has 44 heavy (non-hydrogen) atoms. The third kappa shape index (κ3) is 5.52. The van der Waals surface area contributed by atoms with E-state index in [1.807, 2.05) is 34.3 Å². The molecule has 0 bridgehead atoms. The number of ether oxygens (including phenoxy) is 2. The van der Waals surface area contributed by atoms with E-state index in [0.717, 1.165) is 34.5 Å². The Hall–Kier alpha value is -4.03. The summed E-state index contributed by atoms with van der Waals surface area (Å²) in [6.45, 7) is 0. The van der Waals surface area contributed by atoms with Crippen molar-refractivity contribution in [2.45, 2.75) is 18.3 Å². The van der Waals surface area contributed by atoms with E-state index in [1.165, 1.54) is 11.1 Å². The molecule has 4 aromatic carbocycles. The van der Waals surface area contributed by atoms with Crippen LogP contribution in [0.2, 0.25) is 0 Å². The monoisotopic (exact) mass is 623 g/mol. The lowest BCUT2D eigenvalue weighted by molar-refractivity contribution is -0.239. The van der Waals surface area contributed by atoms with Crippen LogP contribution in [-0.4, -0.2) is 33.9 Å². The van der Waals surface area contributed by atoms with Gasteiger partial charge in [0.2, 0.25) is 6.29 Å². The maximum absolute atomic E-state index is 9.24. The van der Waals surface area contributed by atoms with Gasteiger partial charge in [-0.3, -0.25) is 0 Å². The molecule has 0 radical (unpaired) electrons. The Morgan fingerprint density at radius 1 is 0.705 bits per heavy atom. The van der Waals surface area contributed by atoms with Crippen LogP contribution < -0.4 is 9.80 Å². The first-order valence-corrected chi connectivity index (χ1v) is 15.3. The smallest absolute Gasteiger partial charge is 0.227 e. The van der Waals surface area contributed by atoms with Gasteiger partial charge in [-0.1, -0.05) is 102 Å². The molecule has 1 N–H and O–H groups in total. The average Bonchev–Trinajstić information content (AvgIpc) is 3.04. The zero-order chi connectivity index (χ0) is 31.0. The Morgan fingerprint density at radius 2 is 1.23 bits per heavy atom. The van der Waals surface area contributed by atoms with Gasteiger partial charge >= 0.3 is 0 Å². The molecule has 1 aliphatic heterocycles. The van der Waals surface area contributed by atoms with Gasteiger partial charge in [-0.05, 0) is 59.0 Å². The highest BCUT2D eigenvalue weighted by Crippen LogP contribution is 2.55. The second-order valence-corrected chi connectivity index (χ2v) is 12.4. The van der Waals surface area contributed by atoms with Crippen molar-refractivity contribution >= 4 is 40.3 Å². The van der Waals surface area contributed by atoms with Crippen molar-refractivity contribution in [1.29, 1.82) is 5.41 Å². The third-order valence-corrected chi connectivity index (χ3v) is 9.16. The molecule has 2 aliphatic rings. The predicted octanol–water partition coefficient (Wildman–Crippen LogP) is 8.62. The summed E-state index contributed by atoms with van der Waals surface area (Å²) in [4.78, 5) is 4.11. The van der Waals surface area contributed by atoms with Gasteiger partial charge in [0, 0.05) is 45.1 Å². The van der Waals surface area contributed by atoms with Crippen molar-refractivity contribution in [3.63, 3.8) is 0 Å². The molecule has 1 heterocycles. The van der Waals surface area contributed by atoms with E-state index in [4.69, 9.17) is 32.7 Å². The normalized spacial score (nSPS) is 19.1. The molecular formula is C37H35Cl2N3O2. The minimum Gasteiger partial charge on any atom is -0.464 e. The number of nitrogens with zero attached hydrogens (tertiary/aromatic N) is 2. The lowest BCUT2D eigenvalue weighted by Gasteiger charge is -2.49. The Morgan fingerprint density at radius 3 is 1.75 bits per heavy atom. The van der Waals surface area contributed by atoms with Crippen LogP contribution in [0.4, 0.5) is 11.4 Å². The molecular weight excluding hydrogens is 589 g/mol. The van der Waals surface area contributed by atoms with Gasteiger partial charge < -0.3 is 24.7 Å². The van der Waals surface area contributed by atoms with Crippen molar-refractivity contribution in [1.82, 2.24) is 0 Å². The summed E-state index contributed by atoms with van der Waals surface area (Å²) in [7, 11) is 8.05. The zero-order valence-corrected chi connectivity index (χ0v) is 26.7. The highest BCUT2D eigenvalue weighted by atomic mass is 35.5. The quantitative estimate of drug-likeness (QED) is 0.224. The molecule has 6 rings (SSSR count). The fourth-order valence-electron chi connectivity index (χ4n) is 5.97. The number of benzene rings is 4. The Balaban J connectivity index is 1.50. The SMILES string of the molecule is CN(C)c1ccc(C2(c3ccc(N(C)C)cc3)OC(c3ccc(Cc4ccccc4)cc3)OC3=CC(Cl)=C(Cl)C(=N)C32)cc1. The summed E-state index contributed by atoms with van der Waals surface area (Å²) in [5.74, 6) is -0.121. The predicted molar refractivity (Wildman–Crippen MR) is 181 cm³/mol. The van der Waals surface area contributed by atoms with Gasteiger partial charge in [0.05, 0.1) is 21.7 Å². The van der Waals surface area contributed by atoms with E-state index in [2.05, 4.69) is 107 Å². The van der Waals surface area contributed by atoms with Gasteiger partial charge in [0.15, 0.2) is 0 Å². The Kier molecular flexibility index (Phi) is 8.30. The van der Waals surface area contributed by atoms with Crippen LogP contribution in [0.3, 0.4) is 0 Å². The van der Waals surface area contributed by atoms with Gasteiger partial charge in [-0.15, -0.1) is 0 Å². The van der Waals surface area contributed by atoms with Gasteiger partial charge in [0.1, 0.15) is 11.4 Å². The van der Waals surface area contributed by atoms with E-state index >= 15 is 0 Å². The van der Waals surface area contributed by atoms with Crippen LogP contribution in [0.25, 0.3) is 0 Å². The molecule has 0 aromatic heterocycles. The second kappa shape index (κ2) is 12.2. The molecule has 2 atom stereocenters. The molecule has 2 unspecified atom stereocenters. The van der Waals surface area contributed by atoms with Crippen molar-refractivity contribution < 1.29 is 9.47 Å². The molecule has 0 amide bonds. The van der Waals surface area contributed by atoms with Crippen LogP contribution in [0.1, 0.15) is 34.1 Å². The fraction of sp³-hybridized carbons (Fsp3) is 0.216. The molecule has 7 heteroatoms. The number of halogens is 2. The van der Waals surface area contributed by atoms with Crippen molar-refractivity contribution in [2.24, 2.45) is 5.92 Å². The average molecular weight is 625 g/mol. The van der Waals surface area contributed by atoms with Gasteiger partial charge in [0.25, 0.3) is 0 Å². The van der Waals surface area contributed by atoms with Crippen LogP contribution in [0, 0.1) is 11.3 Å². The lowest BCUT2D eigenvalue weighted by Crippen LogP contribution is -2.50. The van der Waals surface area contributed by atoms with Gasteiger partial charge in [-0.2, -0.15) is 0 Å². The standard InChI is InChI=1S/C37H35Cl2N3O2/c1-41(2)29-18-14-27(15-19-29)37(28-16-20-30(21-17-28)42(3)4)33-32(23-31(38)34(39)35(33)40)43-36(44-37)26-12-10-25(11-13-26)22-24-8-6-5-7-9-24/h5-21,23,33,36,40H,22H2,1-4H3. The molecule has 4 aromatic rings. The summed E-state index contributed by atoms with van der Waals surface area (Å²) < 4.78 is 13.7. The highest BCUT2D eigenvalue weighted by molar-refractivity contribution is 6.50. The minimum absolute atomic E-state index is 0.152. The molecule has 1 fully saturated rings. The van der Waals surface area contributed by atoms with E-state index in [1.54, 1.807) is 6.08 Å². The van der Waals surface area contributed by atoms with Crippen LogP contribution in [-0.2, 0) is 21.5 Å². The van der Waals surface area contributed by atoms with Crippen LogP contribution >= 0.6 is 23.2 Å². The molecule has 224 valence electrons. The number of hydrogen-bond donors (Lipinski definition) is 1. The summed E-state index contributed by atoms with van der Waals surface area (Å²) in [5, 5.41) is 9.71. The second-order valence-electron chi connectivity index (χ2n) is 11.6. The number of fused-ring (bicyclic) bond motifs is 1. The van der Waals surface area contributed by atoms with Crippen LogP contribution in [0.15, 0.2) is 125 Å². The van der Waals surface area contributed by atoms with Crippen molar-refractivity contribution in [3.05, 3.63) is 153 Å². The summed E-state index contributed by atoms with van der Waals surface area (Å²) in [5.41, 5.74) is 6.20. The minimum atomic E-state index is -1.14. The van der Waals surface area contributed by atoms with E-state index < -0.39 is 17.8 Å². The van der Waals surface area contributed by atoms with E-state index in [-0.39, 0.29) is 15.8 Å². The Labute approximate surface area is 269 Å². The molecule has 1 aliphatic carbocycles. The third-order valence-electron chi connectivity index (χ3n) is 8.36. The molecule has 0 spiro atoms. The first-order valence-electron chi connectivity index (χ1n) is 14.6. The number of nitrogens with one attached hydrogen (secondary N) is 1. The number of allylic oxidation sites excluding steroid dienone is 3. The summed E-state index contributed by atoms with van der Waals surface area (Å²) in [6, 6.07) is 35.3. The largest absolute Gasteiger partial charge is 0.464 e. The zero-order valence-electron chi connectivity index (χ0n) is 25.2. The van der Waals surface area contributed by atoms with Crippen molar-refractivity contribution in [2.75, 3.05) is 38.0 Å². The first kappa shape index (κ1) is 30.0. The number of anilines is 2. The van der Waals surface area contributed by atoms with Crippen LogP contribution in [0.5, 0.6) is 0 Å². The topological polar surface area (TPSA) is 48.8 Å². The number of hydrogen-bond acceptors (Lipinski definition) is 5. The van der Waals surface area contributed by atoms with Gasteiger partial charge in [-0.25, -0.2) is 0 Å². The summed E-state index contributed by atoms with van der Waals surface area (Å²) >= 11 is 13.2. The first-order chi connectivity index (χ1) is 21.2. The molecule has 0 saturated carbocycles. The summed E-state index contributed by atoms with van der Waals surface area (Å²) in [6.07, 6.45) is 1.81. The maximum Gasteiger partial charge on any atom is 0.227 e. The maximum atomic E-state index is 9.24. The van der Waals surface area contributed by atoms with Crippen molar-refractivity contribution in [3.8, 4) is 0 Å². The van der Waals surface area contributed by atoms with E-state index in [0.29, 0.717) is 5.76 Å². The van der Waals surface area contributed by atoms with E-state index in [9.17, 15) is 5.41 Å². The molecule has 5 nitrogen and oxygen atoms in total. The Bertz CT molecular complexity index is 1660. The fourth-order valence-corrected chi connectivity index (χ4v) is 6.34. The highest BCUT2D eigenvalue weighted by Gasteiger charge is 2.55. The molecule has 1 saturated heterocycles. The lowest BCUT2D eigenvalue weighted by atomic mass is 9.70. The number of rotatable bonds is 7.